The minimum Gasteiger partial charge on any atom is -0.360 e. The Balaban J connectivity index is 2.42. The summed E-state index contributed by atoms with van der Waals surface area (Å²) < 4.78 is 1.28. The minimum absolute atomic E-state index is 0.761. The first-order valence-electron chi connectivity index (χ1n) is 4.77. The van der Waals surface area contributed by atoms with Crippen molar-refractivity contribution < 1.29 is 0 Å². The van der Waals surface area contributed by atoms with E-state index in [2.05, 4.69) is 52.0 Å². The lowest BCUT2D eigenvalue weighted by atomic mass is 10.1. The molecule has 0 aliphatic carbocycles. The largest absolute Gasteiger partial charge is 0.360 e. The molecule has 0 fully saturated rings. The zero-order valence-electron chi connectivity index (χ0n) is 7.89. The molecular formula is C11H13IN2. The standard InChI is InChI=1S/C11H13IN2/c12-10-5-1-4-9-8(3-2-6-13)7-14-11(9)10/h1,4-5,7,14H,2-3,6,13H2. The van der Waals surface area contributed by atoms with Crippen molar-refractivity contribution >= 4 is 33.5 Å². The Morgan fingerprint density at radius 3 is 3.00 bits per heavy atom. The third-order valence-corrected chi connectivity index (χ3v) is 3.30. The molecule has 14 heavy (non-hydrogen) atoms. The highest BCUT2D eigenvalue weighted by Crippen LogP contribution is 2.23. The number of rotatable bonds is 3. The van der Waals surface area contributed by atoms with Crippen LogP contribution in [0.15, 0.2) is 24.4 Å². The number of H-pyrrole nitrogens is 1. The first kappa shape index (κ1) is 9.98. The summed E-state index contributed by atoms with van der Waals surface area (Å²) in [4.78, 5) is 3.32. The van der Waals surface area contributed by atoms with Gasteiger partial charge in [-0.1, -0.05) is 12.1 Å². The highest BCUT2D eigenvalue weighted by Gasteiger charge is 2.04. The molecule has 0 atom stereocenters. The summed E-state index contributed by atoms with van der Waals surface area (Å²) in [7, 11) is 0. The fourth-order valence-corrected chi connectivity index (χ4v) is 2.33. The van der Waals surface area contributed by atoms with Gasteiger partial charge in [0.15, 0.2) is 0 Å². The molecule has 1 heterocycles. The van der Waals surface area contributed by atoms with Crippen LogP contribution in [0.25, 0.3) is 10.9 Å². The van der Waals surface area contributed by atoms with Crippen molar-refractivity contribution in [3.05, 3.63) is 33.5 Å². The van der Waals surface area contributed by atoms with Crippen molar-refractivity contribution in [2.24, 2.45) is 5.73 Å². The van der Waals surface area contributed by atoms with E-state index in [1.165, 1.54) is 20.0 Å². The smallest absolute Gasteiger partial charge is 0.0592 e. The molecule has 1 aromatic carbocycles. The van der Waals surface area contributed by atoms with Crippen molar-refractivity contribution in [2.45, 2.75) is 12.8 Å². The molecular weight excluding hydrogens is 287 g/mol. The summed E-state index contributed by atoms with van der Waals surface area (Å²) in [5, 5.41) is 1.34. The van der Waals surface area contributed by atoms with Gasteiger partial charge in [-0.2, -0.15) is 0 Å². The monoisotopic (exact) mass is 300 g/mol. The van der Waals surface area contributed by atoms with E-state index in [1.54, 1.807) is 0 Å². The second-order valence-electron chi connectivity index (χ2n) is 3.37. The van der Waals surface area contributed by atoms with Gasteiger partial charge in [-0.15, -0.1) is 0 Å². The van der Waals surface area contributed by atoms with Crippen molar-refractivity contribution in [3.63, 3.8) is 0 Å². The zero-order chi connectivity index (χ0) is 9.97. The Morgan fingerprint density at radius 1 is 1.36 bits per heavy atom. The third-order valence-electron chi connectivity index (χ3n) is 2.40. The van der Waals surface area contributed by atoms with Gasteiger partial charge in [0.1, 0.15) is 0 Å². The van der Waals surface area contributed by atoms with E-state index in [9.17, 15) is 0 Å². The lowest BCUT2D eigenvalue weighted by Crippen LogP contribution is -1.99. The van der Waals surface area contributed by atoms with Crippen molar-refractivity contribution in [2.75, 3.05) is 6.54 Å². The molecule has 2 rings (SSSR count). The number of nitrogens with two attached hydrogens (primary N) is 1. The number of fused-ring (bicyclic) bond motifs is 1. The lowest BCUT2D eigenvalue weighted by molar-refractivity contribution is 0.837. The van der Waals surface area contributed by atoms with Gasteiger partial charge >= 0.3 is 0 Å². The maximum atomic E-state index is 5.51. The molecule has 2 aromatic rings. The lowest BCUT2D eigenvalue weighted by Gasteiger charge is -1.97. The molecule has 0 unspecified atom stereocenters. The number of benzene rings is 1. The Labute approximate surface area is 97.0 Å². The topological polar surface area (TPSA) is 41.8 Å². The second kappa shape index (κ2) is 4.31. The van der Waals surface area contributed by atoms with Crippen molar-refractivity contribution in [1.29, 1.82) is 0 Å². The van der Waals surface area contributed by atoms with Crippen LogP contribution in [0.1, 0.15) is 12.0 Å². The molecule has 0 aliphatic rings. The molecule has 2 nitrogen and oxygen atoms in total. The fraction of sp³-hybridized carbons (Fsp3) is 0.273. The van der Waals surface area contributed by atoms with Crippen LogP contribution in [0.3, 0.4) is 0 Å². The molecule has 1 aromatic heterocycles. The Morgan fingerprint density at radius 2 is 2.21 bits per heavy atom. The van der Waals surface area contributed by atoms with Crippen LogP contribution < -0.4 is 5.73 Å². The van der Waals surface area contributed by atoms with Crippen molar-refractivity contribution in [1.82, 2.24) is 4.98 Å². The first-order chi connectivity index (χ1) is 6.83. The number of para-hydroxylation sites is 1. The number of halogens is 1. The maximum Gasteiger partial charge on any atom is 0.0592 e. The van der Waals surface area contributed by atoms with Crippen LogP contribution in [-0.2, 0) is 6.42 Å². The first-order valence-corrected chi connectivity index (χ1v) is 5.85. The summed E-state index contributed by atoms with van der Waals surface area (Å²) in [6.45, 7) is 0.761. The molecule has 74 valence electrons. The van der Waals surface area contributed by atoms with Crippen molar-refractivity contribution in [3.8, 4) is 0 Å². The van der Waals surface area contributed by atoms with Crippen LogP contribution >= 0.6 is 22.6 Å². The molecule has 3 N–H and O–H groups in total. The van der Waals surface area contributed by atoms with Gasteiger partial charge in [0.05, 0.1) is 5.52 Å². The average molecular weight is 300 g/mol. The van der Waals surface area contributed by atoms with Gasteiger partial charge < -0.3 is 10.7 Å². The molecule has 0 radical (unpaired) electrons. The normalized spacial score (nSPS) is 11.0. The molecule has 0 spiro atoms. The summed E-state index contributed by atoms with van der Waals surface area (Å²) in [5.41, 5.74) is 8.14. The fourth-order valence-electron chi connectivity index (χ4n) is 1.67. The maximum absolute atomic E-state index is 5.51. The SMILES string of the molecule is NCCCc1c[nH]c2c(I)cccc12. The van der Waals surface area contributed by atoms with Gasteiger partial charge in [-0.05, 0) is 53.6 Å². The second-order valence-corrected chi connectivity index (χ2v) is 4.53. The quantitative estimate of drug-likeness (QED) is 0.841. The molecule has 3 heteroatoms. The van der Waals surface area contributed by atoms with Gasteiger partial charge in [-0.25, -0.2) is 0 Å². The van der Waals surface area contributed by atoms with Gasteiger partial charge in [0, 0.05) is 15.2 Å². The van der Waals surface area contributed by atoms with E-state index < -0.39 is 0 Å². The van der Waals surface area contributed by atoms with E-state index >= 15 is 0 Å². The molecule has 0 bridgehead atoms. The van der Waals surface area contributed by atoms with E-state index in [0.717, 1.165) is 19.4 Å². The highest BCUT2D eigenvalue weighted by molar-refractivity contribution is 14.1. The predicted octanol–water partition coefficient (Wildman–Crippen LogP) is 2.66. The Bertz CT molecular complexity index is 434. The predicted molar refractivity (Wildman–Crippen MR) is 68.4 cm³/mol. The van der Waals surface area contributed by atoms with Crippen LogP contribution in [0.5, 0.6) is 0 Å². The van der Waals surface area contributed by atoms with Crippen LogP contribution in [0.2, 0.25) is 0 Å². The van der Waals surface area contributed by atoms with Gasteiger partial charge in [-0.3, -0.25) is 0 Å². The molecule has 0 saturated heterocycles. The van der Waals surface area contributed by atoms with Crippen LogP contribution in [0.4, 0.5) is 0 Å². The number of hydrogen-bond donors (Lipinski definition) is 2. The summed E-state index contributed by atoms with van der Waals surface area (Å²) in [6.07, 6.45) is 4.22. The summed E-state index contributed by atoms with van der Waals surface area (Å²) >= 11 is 2.35. The number of aromatic amines is 1. The number of aromatic nitrogens is 1. The molecule has 0 aliphatic heterocycles. The Kier molecular flexibility index (Phi) is 3.08. The number of hydrogen-bond acceptors (Lipinski definition) is 1. The van der Waals surface area contributed by atoms with E-state index in [-0.39, 0.29) is 0 Å². The number of aryl methyl sites for hydroxylation is 1. The molecule has 0 amide bonds. The van der Waals surface area contributed by atoms with Gasteiger partial charge in [0.2, 0.25) is 0 Å². The minimum atomic E-state index is 0.761. The van der Waals surface area contributed by atoms with Crippen LogP contribution in [0, 0.1) is 3.57 Å². The van der Waals surface area contributed by atoms with E-state index in [1.807, 2.05) is 0 Å². The van der Waals surface area contributed by atoms with E-state index in [4.69, 9.17) is 5.73 Å². The summed E-state index contributed by atoms with van der Waals surface area (Å²) in [6, 6.07) is 6.38. The van der Waals surface area contributed by atoms with Gasteiger partial charge in [0.25, 0.3) is 0 Å². The van der Waals surface area contributed by atoms with E-state index in [0.29, 0.717) is 0 Å². The molecule has 0 saturated carbocycles. The Hall–Kier alpha value is -0.550. The number of nitrogens with one attached hydrogen (secondary N) is 1. The zero-order valence-corrected chi connectivity index (χ0v) is 10.0. The van der Waals surface area contributed by atoms with Crippen LogP contribution in [-0.4, -0.2) is 11.5 Å². The summed E-state index contributed by atoms with van der Waals surface area (Å²) in [5.74, 6) is 0. The highest BCUT2D eigenvalue weighted by atomic mass is 127. The third kappa shape index (κ3) is 1.79. The average Bonchev–Trinajstić information content (AvgIpc) is 2.60.